The summed E-state index contributed by atoms with van der Waals surface area (Å²) in [5.41, 5.74) is 9.43. The summed E-state index contributed by atoms with van der Waals surface area (Å²) in [7, 11) is 2.17. The summed E-state index contributed by atoms with van der Waals surface area (Å²) in [5.74, 6) is 3.32. The standard InChI is InChI=1S/C26H32N7OS.C2H6S.C2H6.Cs/c1-4-7-18-23(26-29-11-10-21(30-26)33-13-6-12-32(3)15-16(33)2)31-34-24(18)17-8-5-9-20-22(17)19(14-27)25(28)35-20;1-3-2;1-2;/h10-11,16H,4-9,12-13,15,28H2,1-3H3;1-2H3;1-2H3;/q-1;;;+1. The first-order valence-electron chi connectivity index (χ1n) is 14.3. The number of hydrogen-bond donors (Lipinski definition) is 1. The van der Waals surface area contributed by atoms with Crippen molar-refractivity contribution in [2.24, 2.45) is 0 Å². The number of nitrogen functional groups attached to an aromatic ring is 1. The summed E-state index contributed by atoms with van der Waals surface area (Å²) in [6.07, 6.45) is 11.5. The minimum absolute atomic E-state index is 0. The molecule has 0 saturated carbocycles. The van der Waals surface area contributed by atoms with E-state index in [0.717, 1.165) is 86.8 Å². The first-order chi connectivity index (χ1) is 19.4. The van der Waals surface area contributed by atoms with Gasteiger partial charge in [0.05, 0.1) is 16.8 Å². The van der Waals surface area contributed by atoms with Gasteiger partial charge in [-0.2, -0.15) is 23.1 Å². The quantitative estimate of drug-likeness (QED) is 0.398. The second kappa shape index (κ2) is 18.2. The molecule has 3 aromatic rings. The van der Waals surface area contributed by atoms with Crippen LogP contribution in [-0.4, -0.2) is 65.3 Å². The summed E-state index contributed by atoms with van der Waals surface area (Å²) in [6.45, 7) is 11.4. The van der Waals surface area contributed by atoms with Gasteiger partial charge in [-0.05, 0) is 51.1 Å². The molecule has 8 nitrogen and oxygen atoms in total. The molecule has 0 radical (unpaired) electrons. The van der Waals surface area contributed by atoms with E-state index in [2.05, 4.69) is 46.9 Å². The third-order valence-corrected chi connectivity index (χ3v) is 8.09. The summed E-state index contributed by atoms with van der Waals surface area (Å²) in [4.78, 5) is 15.5. The molecule has 1 unspecified atom stereocenters. The van der Waals surface area contributed by atoms with Crippen LogP contribution in [0.5, 0.6) is 0 Å². The fraction of sp³-hybridized carbons (Fsp3) is 0.567. The molecule has 1 saturated heterocycles. The zero-order chi connectivity index (χ0) is 29.2. The molecule has 1 fully saturated rings. The van der Waals surface area contributed by atoms with E-state index in [1.54, 1.807) is 11.8 Å². The number of fused-ring (bicyclic) bond motifs is 1. The number of nitriles is 1. The normalized spacial score (nSPS) is 16.7. The van der Waals surface area contributed by atoms with Crippen molar-refractivity contribution in [3.63, 3.8) is 0 Å². The number of rotatable bonds is 5. The predicted molar refractivity (Wildman–Crippen MR) is 169 cm³/mol. The maximum absolute atomic E-state index is 9.79. The molecule has 4 heterocycles. The van der Waals surface area contributed by atoms with E-state index in [9.17, 15) is 5.26 Å². The number of thioether (sulfide) groups is 1. The maximum atomic E-state index is 9.79. The smallest absolute Gasteiger partial charge is 0.398 e. The summed E-state index contributed by atoms with van der Waals surface area (Å²) in [5, 5.41) is 14.9. The van der Waals surface area contributed by atoms with Gasteiger partial charge in [-0.15, -0.1) is 5.56 Å². The van der Waals surface area contributed by atoms with E-state index in [0.29, 0.717) is 28.1 Å². The monoisotopic (exact) mass is 715 g/mol. The van der Waals surface area contributed by atoms with Crippen LogP contribution in [0.25, 0.3) is 11.5 Å². The van der Waals surface area contributed by atoms with Gasteiger partial charge >= 0.3 is 68.9 Å². The largest absolute Gasteiger partial charge is 1.00 e. The Hall–Kier alpha value is -0.688. The van der Waals surface area contributed by atoms with Gasteiger partial charge in [0.25, 0.3) is 0 Å². The second-order valence-electron chi connectivity index (χ2n) is 9.98. The molecule has 1 aliphatic carbocycles. The second-order valence-corrected chi connectivity index (χ2v) is 11.9. The van der Waals surface area contributed by atoms with Crippen LogP contribution in [-0.2, 0) is 12.8 Å². The number of nitrogens with zero attached hydrogens (tertiary/aromatic N) is 6. The molecular formula is C30H44CsN7OS2. The van der Waals surface area contributed by atoms with Gasteiger partial charge in [0.2, 0.25) is 0 Å². The van der Waals surface area contributed by atoms with Crippen molar-refractivity contribution in [2.75, 3.05) is 49.8 Å². The molecule has 0 aromatic carbocycles. The van der Waals surface area contributed by atoms with Crippen LogP contribution >= 0.6 is 23.1 Å². The number of aromatic nitrogens is 3. The van der Waals surface area contributed by atoms with Gasteiger partial charge in [-0.25, -0.2) is 15.2 Å². The molecule has 2 N–H and O–H groups in total. The summed E-state index contributed by atoms with van der Waals surface area (Å²) >= 11 is 3.27. The fourth-order valence-corrected chi connectivity index (χ4v) is 6.51. The molecule has 1 atom stereocenters. The Morgan fingerprint density at radius 1 is 1.27 bits per heavy atom. The molecule has 2 aliphatic rings. The third kappa shape index (κ3) is 8.70. The van der Waals surface area contributed by atoms with Crippen LogP contribution in [0.3, 0.4) is 0 Å². The van der Waals surface area contributed by atoms with Crippen LogP contribution < -0.4 is 79.5 Å². The average Bonchev–Trinajstić information content (AvgIpc) is 3.47. The van der Waals surface area contributed by atoms with Gasteiger partial charge in [-0.1, -0.05) is 68.8 Å². The minimum atomic E-state index is 0. The number of nitrogens with two attached hydrogens (primary N) is 1. The van der Waals surface area contributed by atoms with Crippen molar-refractivity contribution in [1.29, 1.82) is 5.26 Å². The number of anilines is 2. The molecule has 3 aromatic heterocycles. The topological polar surface area (TPSA) is 108 Å². The van der Waals surface area contributed by atoms with Crippen molar-refractivity contribution >= 4 is 33.9 Å². The summed E-state index contributed by atoms with van der Waals surface area (Å²) in [6, 6.07) is 4.66. The SMILES string of the molecule is CC.CCCc1c(-c2nccc(N3CCCN(C)CC3C)n2)noc1[C-]1CCCc2sc(N)c(C#N)c21.CSC.[Cs+]. The summed E-state index contributed by atoms with van der Waals surface area (Å²) < 4.78 is 6.02. The molecule has 5 rings (SSSR count). The molecule has 218 valence electrons. The van der Waals surface area contributed by atoms with E-state index in [-0.39, 0.29) is 68.9 Å². The van der Waals surface area contributed by atoms with Crippen LogP contribution in [0.2, 0.25) is 0 Å². The number of aryl methyl sites for hydroxylation is 1. The van der Waals surface area contributed by atoms with Crippen molar-refractivity contribution < 1.29 is 73.4 Å². The number of thiophene rings is 1. The zero-order valence-electron chi connectivity index (χ0n) is 26.1. The van der Waals surface area contributed by atoms with E-state index in [1.807, 2.05) is 38.6 Å². The van der Waals surface area contributed by atoms with Gasteiger partial charge in [-0.3, -0.25) is 0 Å². The van der Waals surface area contributed by atoms with Gasteiger partial charge in [0, 0.05) is 30.9 Å². The van der Waals surface area contributed by atoms with E-state index < -0.39 is 0 Å². The van der Waals surface area contributed by atoms with E-state index in [1.165, 1.54) is 16.2 Å². The van der Waals surface area contributed by atoms with Crippen LogP contribution in [0.1, 0.15) is 80.7 Å². The van der Waals surface area contributed by atoms with Crippen molar-refractivity contribution in [3.8, 4) is 17.6 Å². The molecule has 41 heavy (non-hydrogen) atoms. The number of hydrogen-bond acceptors (Lipinski definition) is 10. The average molecular weight is 716 g/mol. The molecular weight excluding hydrogens is 671 g/mol. The maximum Gasteiger partial charge on any atom is 1.00 e. The zero-order valence-corrected chi connectivity index (χ0v) is 34.0. The molecule has 0 bridgehead atoms. The van der Waals surface area contributed by atoms with Crippen molar-refractivity contribution in [2.45, 2.75) is 72.3 Å². The Balaban J connectivity index is 0.000000921. The fourth-order valence-electron chi connectivity index (χ4n) is 5.42. The Morgan fingerprint density at radius 2 is 2.00 bits per heavy atom. The van der Waals surface area contributed by atoms with Crippen LogP contribution in [0.15, 0.2) is 16.8 Å². The molecule has 0 spiro atoms. The van der Waals surface area contributed by atoms with Gasteiger partial charge < -0.3 is 20.1 Å². The van der Waals surface area contributed by atoms with E-state index in [4.69, 9.17) is 15.2 Å². The van der Waals surface area contributed by atoms with Crippen molar-refractivity contribution in [1.82, 2.24) is 20.0 Å². The van der Waals surface area contributed by atoms with Crippen LogP contribution in [0.4, 0.5) is 10.8 Å². The Morgan fingerprint density at radius 3 is 2.68 bits per heavy atom. The first-order valence-corrected chi connectivity index (χ1v) is 16.7. The molecule has 0 amide bonds. The Kier molecular flexibility index (Phi) is 16.2. The number of likely N-dealkylation sites (N-methyl/N-ethyl adjacent to an activating group) is 1. The van der Waals surface area contributed by atoms with Gasteiger partial charge in [0.1, 0.15) is 11.5 Å². The van der Waals surface area contributed by atoms with Gasteiger partial charge in [0.15, 0.2) is 5.82 Å². The molecule has 11 heteroatoms. The Bertz CT molecular complexity index is 1270. The minimum Gasteiger partial charge on any atom is -0.398 e. The van der Waals surface area contributed by atoms with Crippen LogP contribution in [0, 0.1) is 17.2 Å². The first kappa shape index (κ1) is 36.5. The molecule has 1 aliphatic heterocycles. The third-order valence-electron chi connectivity index (χ3n) is 7.01. The van der Waals surface area contributed by atoms with E-state index >= 15 is 0 Å². The Labute approximate surface area is 313 Å². The van der Waals surface area contributed by atoms with Crippen molar-refractivity contribution in [3.05, 3.63) is 45.5 Å². The predicted octanol–water partition coefficient (Wildman–Crippen LogP) is 3.45.